The molecule has 1 aromatic heterocycles. The molecule has 0 radical (unpaired) electrons. The molecule has 8 heteroatoms. The fourth-order valence-corrected chi connectivity index (χ4v) is 4.88. The Hall–Kier alpha value is -3.36. The van der Waals surface area contributed by atoms with Crippen LogP contribution in [0.3, 0.4) is 0 Å². The van der Waals surface area contributed by atoms with Gasteiger partial charge in [0.05, 0.1) is 24.5 Å². The number of hydrogen-bond donors (Lipinski definition) is 0. The summed E-state index contributed by atoms with van der Waals surface area (Å²) in [5, 5.41) is 4.99. The van der Waals surface area contributed by atoms with Gasteiger partial charge in [-0.15, -0.1) is 0 Å². The number of aryl methyl sites for hydroxylation is 1. The van der Waals surface area contributed by atoms with E-state index in [-0.39, 0.29) is 5.91 Å². The van der Waals surface area contributed by atoms with Gasteiger partial charge in [-0.25, -0.2) is 4.68 Å². The second-order valence-electron chi connectivity index (χ2n) is 10.2. The molecule has 0 spiro atoms. The van der Waals surface area contributed by atoms with Gasteiger partial charge in [0.2, 0.25) is 0 Å². The quantitative estimate of drug-likeness (QED) is 0.295. The number of carbonyl (C=O) groups excluding carboxylic acids is 1. The molecule has 4 rings (SSSR count). The van der Waals surface area contributed by atoms with Gasteiger partial charge in [0, 0.05) is 57.6 Å². The lowest BCUT2D eigenvalue weighted by Crippen LogP contribution is -2.45. The largest absolute Gasteiger partial charge is 0.494 e. The molecule has 1 saturated heterocycles. The summed E-state index contributed by atoms with van der Waals surface area (Å²) in [5.41, 5.74) is 3.71. The van der Waals surface area contributed by atoms with Crippen LogP contribution >= 0.6 is 0 Å². The van der Waals surface area contributed by atoms with Crippen molar-refractivity contribution >= 4 is 11.7 Å². The Labute approximate surface area is 233 Å². The van der Waals surface area contributed by atoms with Gasteiger partial charge in [-0.05, 0) is 63.2 Å². The van der Waals surface area contributed by atoms with Crippen LogP contribution in [0.2, 0.25) is 0 Å². The summed E-state index contributed by atoms with van der Waals surface area (Å²) < 4.78 is 13.2. The summed E-state index contributed by atoms with van der Waals surface area (Å²) >= 11 is 0. The summed E-state index contributed by atoms with van der Waals surface area (Å²) in [4.78, 5) is 20.5. The molecule has 210 valence electrons. The standard InChI is InChI=1S/C31H43N5O3/c1-5-6-23-39-28-15-13-26(14-16-28)31(37)35(17-10-22-38-4)24-29-25(2)32-36(27-11-8-7-9-12-27)30(29)34-20-18-33(3)19-21-34/h7-9,11-16H,5-6,10,17-24H2,1-4H3. The van der Waals surface area contributed by atoms with Crippen LogP contribution < -0.4 is 9.64 Å². The van der Waals surface area contributed by atoms with Gasteiger partial charge in [0.15, 0.2) is 0 Å². The minimum absolute atomic E-state index is 0.00222. The van der Waals surface area contributed by atoms with Crippen molar-refractivity contribution in [1.82, 2.24) is 19.6 Å². The van der Waals surface area contributed by atoms with Crippen molar-refractivity contribution < 1.29 is 14.3 Å². The molecule has 39 heavy (non-hydrogen) atoms. The zero-order chi connectivity index (χ0) is 27.6. The van der Waals surface area contributed by atoms with Crippen LogP contribution in [0.15, 0.2) is 54.6 Å². The minimum Gasteiger partial charge on any atom is -0.494 e. The maximum Gasteiger partial charge on any atom is 0.254 e. The van der Waals surface area contributed by atoms with E-state index >= 15 is 0 Å². The molecule has 1 amide bonds. The number of rotatable bonds is 13. The third-order valence-corrected chi connectivity index (χ3v) is 7.24. The third kappa shape index (κ3) is 7.40. The number of hydrogen-bond acceptors (Lipinski definition) is 6. The van der Waals surface area contributed by atoms with E-state index < -0.39 is 0 Å². The van der Waals surface area contributed by atoms with Gasteiger partial charge in [-0.1, -0.05) is 31.5 Å². The van der Waals surface area contributed by atoms with Crippen LogP contribution in [0.1, 0.15) is 47.8 Å². The highest BCUT2D eigenvalue weighted by molar-refractivity contribution is 5.94. The van der Waals surface area contributed by atoms with Crippen LogP contribution in [-0.4, -0.2) is 85.6 Å². The van der Waals surface area contributed by atoms with Crippen LogP contribution in [0.5, 0.6) is 5.75 Å². The van der Waals surface area contributed by atoms with Crippen molar-refractivity contribution in [3.63, 3.8) is 0 Å². The molecule has 1 fully saturated rings. The SMILES string of the molecule is CCCCOc1ccc(C(=O)N(CCCOC)Cc2c(C)nn(-c3ccccc3)c2N2CCN(C)CC2)cc1. The van der Waals surface area contributed by atoms with Crippen molar-refractivity contribution in [2.24, 2.45) is 0 Å². The molecule has 2 aromatic carbocycles. The highest BCUT2D eigenvalue weighted by Gasteiger charge is 2.27. The average molecular weight is 534 g/mol. The van der Waals surface area contributed by atoms with Crippen LogP contribution in [0, 0.1) is 6.92 Å². The molecule has 0 atom stereocenters. The Balaban J connectivity index is 1.64. The van der Waals surface area contributed by atoms with E-state index in [0.29, 0.717) is 31.9 Å². The zero-order valence-corrected chi connectivity index (χ0v) is 23.9. The summed E-state index contributed by atoms with van der Waals surface area (Å²) in [6, 6.07) is 17.8. The maximum absolute atomic E-state index is 13.8. The monoisotopic (exact) mass is 533 g/mol. The first-order valence-corrected chi connectivity index (χ1v) is 14.1. The first-order valence-electron chi connectivity index (χ1n) is 14.1. The van der Waals surface area contributed by atoms with Gasteiger partial charge < -0.3 is 24.2 Å². The van der Waals surface area contributed by atoms with Gasteiger partial charge in [-0.2, -0.15) is 5.10 Å². The van der Waals surface area contributed by atoms with Crippen molar-refractivity contribution in [2.45, 2.75) is 39.7 Å². The van der Waals surface area contributed by atoms with E-state index in [2.05, 4.69) is 47.5 Å². The van der Waals surface area contributed by atoms with Gasteiger partial charge in [0.1, 0.15) is 11.6 Å². The van der Waals surface area contributed by atoms with Crippen molar-refractivity contribution in [2.75, 3.05) is 65.0 Å². The Morgan fingerprint density at radius 2 is 1.69 bits per heavy atom. The lowest BCUT2D eigenvalue weighted by Gasteiger charge is -2.35. The molecular weight excluding hydrogens is 490 g/mol. The number of aromatic nitrogens is 2. The molecule has 0 N–H and O–H groups in total. The molecule has 0 aliphatic carbocycles. The van der Waals surface area contributed by atoms with Gasteiger partial charge in [-0.3, -0.25) is 4.79 Å². The molecule has 1 aliphatic heterocycles. The molecular formula is C31H43N5O3. The highest BCUT2D eigenvalue weighted by Crippen LogP contribution is 2.30. The first kappa shape index (κ1) is 28.6. The number of anilines is 1. The van der Waals surface area contributed by atoms with Crippen molar-refractivity contribution in [3.8, 4) is 11.4 Å². The smallest absolute Gasteiger partial charge is 0.254 e. The van der Waals surface area contributed by atoms with E-state index in [1.54, 1.807) is 7.11 Å². The molecule has 1 aliphatic rings. The lowest BCUT2D eigenvalue weighted by molar-refractivity contribution is 0.0723. The summed E-state index contributed by atoms with van der Waals surface area (Å²) in [6.45, 7) is 10.4. The Morgan fingerprint density at radius 1 is 0.974 bits per heavy atom. The minimum atomic E-state index is 0.00222. The number of amides is 1. The molecule has 8 nitrogen and oxygen atoms in total. The van der Waals surface area contributed by atoms with Crippen LogP contribution in [-0.2, 0) is 11.3 Å². The number of likely N-dealkylation sites (N-methyl/N-ethyl adjacent to an activating group) is 1. The van der Waals surface area contributed by atoms with E-state index in [0.717, 1.165) is 74.0 Å². The van der Waals surface area contributed by atoms with Crippen molar-refractivity contribution in [3.05, 3.63) is 71.4 Å². The first-order chi connectivity index (χ1) is 19.0. The predicted octanol–water partition coefficient (Wildman–Crippen LogP) is 4.79. The fraction of sp³-hybridized carbons (Fsp3) is 0.484. The van der Waals surface area contributed by atoms with E-state index in [9.17, 15) is 4.79 Å². The topological polar surface area (TPSA) is 63.1 Å². The average Bonchev–Trinajstić information content (AvgIpc) is 3.29. The Kier molecular flexibility index (Phi) is 10.4. The number of carbonyl (C=O) groups is 1. The molecule has 0 saturated carbocycles. The number of piperazine rings is 1. The Morgan fingerprint density at radius 3 is 2.36 bits per heavy atom. The maximum atomic E-state index is 13.8. The van der Waals surface area contributed by atoms with E-state index in [1.807, 2.05) is 47.4 Å². The molecule has 0 bridgehead atoms. The second kappa shape index (κ2) is 14.1. The zero-order valence-electron chi connectivity index (χ0n) is 23.9. The lowest BCUT2D eigenvalue weighted by atomic mass is 10.1. The summed E-state index contributed by atoms with van der Waals surface area (Å²) in [5.74, 6) is 1.88. The highest BCUT2D eigenvalue weighted by atomic mass is 16.5. The molecule has 2 heterocycles. The number of benzene rings is 2. The third-order valence-electron chi connectivity index (χ3n) is 7.24. The molecule has 3 aromatic rings. The summed E-state index contributed by atoms with van der Waals surface area (Å²) in [7, 11) is 3.86. The number of methoxy groups -OCH3 is 1. The number of unbranched alkanes of at least 4 members (excludes halogenated alkanes) is 1. The van der Waals surface area contributed by atoms with E-state index in [1.165, 1.54) is 0 Å². The number of ether oxygens (including phenoxy) is 2. The summed E-state index contributed by atoms with van der Waals surface area (Å²) in [6.07, 6.45) is 2.86. The number of nitrogens with zero attached hydrogens (tertiary/aromatic N) is 5. The van der Waals surface area contributed by atoms with Crippen LogP contribution in [0.25, 0.3) is 5.69 Å². The second-order valence-corrected chi connectivity index (χ2v) is 10.2. The van der Waals surface area contributed by atoms with Gasteiger partial charge in [0.25, 0.3) is 5.91 Å². The predicted molar refractivity (Wildman–Crippen MR) is 156 cm³/mol. The Bertz CT molecular complexity index is 1170. The van der Waals surface area contributed by atoms with Crippen LogP contribution in [0.4, 0.5) is 5.82 Å². The normalized spacial score (nSPS) is 14.0. The van der Waals surface area contributed by atoms with Gasteiger partial charge >= 0.3 is 0 Å². The fourth-order valence-electron chi connectivity index (χ4n) is 4.88. The van der Waals surface area contributed by atoms with E-state index in [4.69, 9.17) is 14.6 Å². The van der Waals surface area contributed by atoms with Crippen molar-refractivity contribution in [1.29, 1.82) is 0 Å². The molecule has 0 unspecified atom stereocenters. The number of para-hydroxylation sites is 1.